The normalized spacial score (nSPS) is 19.6. The van der Waals surface area contributed by atoms with Crippen molar-refractivity contribution >= 4 is 18.2 Å². The van der Waals surface area contributed by atoms with Crippen LogP contribution in [0.25, 0.3) is 0 Å². The number of Topliss-reactive ketones (excluding diaryl/α,β-unsaturated/α-hetero) is 1. The fourth-order valence-electron chi connectivity index (χ4n) is 2.11. The third kappa shape index (κ3) is 3.82. The van der Waals surface area contributed by atoms with E-state index in [2.05, 4.69) is 24.3 Å². The van der Waals surface area contributed by atoms with Crippen LogP contribution in [0, 0.1) is 0 Å². The van der Waals surface area contributed by atoms with Crippen LogP contribution < -0.4 is 5.32 Å². The van der Waals surface area contributed by atoms with Gasteiger partial charge in [-0.2, -0.15) is 0 Å². The van der Waals surface area contributed by atoms with E-state index in [9.17, 15) is 4.79 Å². The van der Waals surface area contributed by atoms with Crippen molar-refractivity contribution in [3.05, 3.63) is 17.5 Å². The first-order valence-electron chi connectivity index (χ1n) is 6.38. The van der Waals surface area contributed by atoms with Gasteiger partial charge in [-0.05, 0) is 25.3 Å². The average Bonchev–Trinajstić information content (AvgIpc) is 2.79. The van der Waals surface area contributed by atoms with Crippen LogP contribution in [0.15, 0.2) is 10.6 Å². The predicted octanol–water partition coefficient (Wildman–Crippen LogP) is 2.47. The van der Waals surface area contributed by atoms with Crippen molar-refractivity contribution in [1.82, 2.24) is 10.5 Å². The molecule has 18 heavy (non-hydrogen) atoms. The summed E-state index contributed by atoms with van der Waals surface area (Å²) in [5.41, 5.74) is 0.921. The highest BCUT2D eigenvalue weighted by atomic mass is 35.5. The van der Waals surface area contributed by atoms with E-state index in [1.165, 1.54) is 6.42 Å². The molecule has 0 bridgehead atoms. The lowest BCUT2D eigenvalue weighted by atomic mass is 9.98. The Morgan fingerprint density at radius 1 is 1.56 bits per heavy atom. The van der Waals surface area contributed by atoms with Crippen molar-refractivity contribution in [2.24, 2.45) is 0 Å². The summed E-state index contributed by atoms with van der Waals surface area (Å²) in [5, 5.41) is 7.22. The first kappa shape index (κ1) is 15.2. The van der Waals surface area contributed by atoms with Gasteiger partial charge >= 0.3 is 0 Å². The van der Waals surface area contributed by atoms with E-state index in [1.54, 1.807) is 0 Å². The van der Waals surface area contributed by atoms with E-state index in [-0.39, 0.29) is 24.2 Å². The summed E-state index contributed by atoms with van der Waals surface area (Å²) in [6, 6.07) is 1.90. The van der Waals surface area contributed by atoms with Gasteiger partial charge in [-0.15, -0.1) is 12.4 Å². The maximum Gasteiger partial charge on any atom is 0.157 e. The predicted molar refractivity (Wildman–Crippen MR) is 72.2 cm³/mol. The van der Waals surface area contributed by atoms with E-state index in [0.717, 1.165) is 25.1 Å². The molecular formula is C13H21ClN2O2. The Bertz CT molecular complexity index is 384. The SMILES string of the molecule is CC(C)c1cc(CC(=O)[C@@H]2CCCCN2)on1.Cl. The Balaban J connectivity index is 0.00000162. The summed E-state index contributed by atoms with van der Waals surface area (Å²) in [6.07, 6.45) is 3.61. The van der Waals surface area contributed by atoms with Gasteiger partial charge in [0.15, 0.2) is 5.78 Å². The summed E-state index contributed by atoms with van der Waals surface area (Å²) in [4.78, 5) is 12.0. The minimum Gasteiger partial charge on any atom is -0.361 e. The summed E-state index contributed by atoms with van der Waals surface area (Å²) >= 11 is 0. The highest BCUT2D eigenvalue weighted by Crippen LogP contribution is 2.16. The molecule has 0 aliphatic carbocycles. The molecule has 0 aromatic carbocycles. The molecule has 2 rings (SSSR count). The highest BCUT2D eigenvalue weighted by molar-refractivity contribution is 5.85. The maximum absolute atomic E-state index is 12.0. The van der Waals surface area contributed by atoms with Gasteiger partial charge in [0.25, 0.3) is 0 Å². The van der Waals surface area contributed by atoms with Gasteiger partial charge in [0.05, 0.1) is 18.2 Å². The lowest BCUT2D eigenvalue weighted by molar-refractivity contribution is -0.121. The zero-order valence-electron chi connectivity index (χ0n) is 10.9. The number of rotatable bonds is 4. The molecule has 102 valence electrons. The van der Waals surface area contributed by atoms with Crippen LogP contribution in [0.1, 0.15) is 50.5 Å². The number of nitrogens with zero attached hydrogens (tertiary/aromatic N) is 1. The largest absolute Gasteiger partial charge is 0.361 e. The molecule has 1 aromatic heterocycles. The van der Waals surface area contributed by atoms with Crippen LogP contribution in [-0.4, -0.2) is 23.5 Å². The van der Waals surface area contributed by atoms with Gasteiger partial charge in [-0.3, -0.25) is 4.79 Å². The second kappa shape index (κ2) is 6.90. The molecule has 1 atom stereocenters. The van der Waals surface area contributed by atoms with Crippen LogP contribution in [0.3, 0.4) is 0 Å². The minimum atomic E-state index is 0. The van der Waals surface area contributed by atoms with Gasteiger partial charge in [-0.25, -0.2) is 0 Å². The number of hydrogen-bond donors (Lipinski definition) is 1. The van der Waals surface area contributed by atoms with E-state index in [1.807, 2.05) is 6.07 Å². The van der Waals surface area contributed by atoms with Gasteiger partial charge in [0.2, 0.25) is 0 Å². The molecule has 1 aliphatic rings. The molecule has 1 N–H and O–H groups in total. The zero-order valence-corrected chi connectivity index (χ0v) is 11.8. The van der Waals surface area contributed by atoms with Crippen LogP contribution in [0.5, 0.6) is 0 Å². The van der Waals surface area contributed by atoms with Gasteiger partial charge < -0.3 is 9.84 Å². The molecule has 1 aromatic rings. The third-order valence-electron chi connectivity index (χ3n) is 3.22. The Morgan fingerprint density at radius 3 is 2.89 bits per heavy atom. The zero-order chi connectivity index (χ0) is 12.3. The molecule has 1 fully saturated rings. The molecule has 5 heteroatoms. The summed E-state index contributed by atoms with van der Waals surface area (Å²) in [5.74, 6) is 1.25. The Kier molecular flexibility index (Phi) is 5.82. The van der Waals surface area contributed by atoms with E-state index in [0.29, 0.717) is 18.1 Å². The number of piperidine rings is 1. The second-order valence-corrected chi connectivity index (χ2v) is 5.02. The van der Waals surface area contributed by atoms with Crippen LogP contribution in [-0.2, 0) is 11.2 Å². The molecule has 1 saturated heterocycles. The van der Waals surface area contributed by atoms with Crippen molar-refractivity contribution in [2.45, 2.75) is 51.5 Å². The molecule has 1 aliphatic heterocycles. The van der Waals surface area contributed by atoms with Crippen molar-refractivity contribution in [3.8, 4) is 0 Å². The summed E-state index contributed by atoms with van der Waals surface area (Å²) in [7, 11) is 0. The van der Waals surface area contributed by atoms with Crippen LogP contribution in [0.4, 0.5) is 0 Å². The van der Waals surface area contributed by atoms with Crippen molar-refractivity contribution in [1.29, 1.82) is 0 Å². The topological polar surface area (TPSA) is 55.1 Å². The molecule has 4 nitrogen and oxygen atoms in total. The van der Waals surface area contributed by atoms with Crippen molar-refractivity contribution < 1.29 is 9.32 Å². The molecule has 0 radical (unpaired) electrons. The summed E-state index contributed by atoms with van der Waals surface area (Å²) < 4.78 is 5.19. The lowest BCUT2D eigenvalue weighted by Gasteiger charge is -2.21. The molecule has 0 saturated carbocycles. The standard InChI is InChI=1S/C13H20N2O2.ClH/c1-9(2)12-7-10(17-15-12)8-13(16)11-5-3-4-6-14-11;/h7,9,11,14H,3-6,8H2,1-2H3;1H/t11-;/m0./s1. The van der Waals surface area contributed by atoms with E-state index >= 15 is 0 Å². The van der Waals surface area contributed by atoms with Crippen molar-refractivity contribution in [3.63, 3.8) is 0 Å². The van der Waals surface area contributed by atoms with E-state index in [4.69, 9.17) is 4.52 Å². The van der Waals surface area contributed by atoms with Gasteiger partial charge in [0, 0.05) is 6.07 Å². The Morgan fingerprint density at radius 2 is 2.33 bits per heavy atom. The first-order chi connectivity index (χ1) is 8.16. The number of nitrogens with one attached hydrogen (secondary N) is 1. The monoisotopic (exact) mass is 272 g/mol. The fourth-order valence-corrected chi connectivity index (χ4v) is 2.11. The summed E-state index contributed by atoms with van der Waals surface area (Å²) in [6.45, 7) is 5.07. The molecular weight excluding hydrogens is 252 g/mol. The number of halogens is 1. The minimum absolute atomic E-state index is 0. The van der Waals surface area contributed by atoms with Crippen LogP contribution in [0.2, 0.25) is 0 Å². The third-order valence-corrected chi connectivity index (χ3v) is 3.22. The molecule has 0 amide bonds. The fraction of sp³-hybridized carbons (Fsp3) is 0.692. The van der Waals surface area contributed by atoms with Gasteiger partial charge in [0.1, 0.15) is 5.76 Å². The number of hydrogen-bond acceptors (Lipinski definition) is 4. The smallest absolute Gasteiger partial charge is 0.157 e. The van der Waals surface area contributed by atoms with Gasteiger partial charge in [-0.1, -0.05) is 25.4 Å². The number of carbonyl (C=O) groups excluding carboxylic acids is 1. The van der Waals surface area contributed by atoms with E-state index < -0.39 is 0 Å². The molecule has 0 spiro atoms. The lowest BCUT2D eigenvalue weighted by Crippen LogP contribution is -2.41. The quantitative estimate of drug-likeness (QED) is 0.915. The maximum atomic E-state index is 12.0. The number of carbonyl (C=O) groups is 1. The average molecular weight is 273 g/mol. The second-order valence-electron chi connectivity index (χ2n) is 5.02. The van der Waals surface area contributed by atoms with Crippen LogP contribution >= 0.6 is 12.4 Å². The Hall–Kier alpha value is -0.870. The first-order valence-corrected chi connectivity index (χ1v) is 6.38. The highest BCUT2D eigenvalue weighted by Gasteiger charge is 2.22. The molecule has 2 heterocycles. The number of aromatic nitrogens is 1. The molecule has 0 unspecified atom stereocenters. The van der Waals surface area contributed by atoms with Crippen molar-refractivity contribution in [2.75, 3.05) is 6.54 Å². The number of ketones is 1. The Labute approximate surface area is 114 Å².